The average molecular weight is 2230 g/mol. The van der Waals surface area contributed by atoms with Crippen LogP contribution in [0.25, 0.3) is 77.3 Å². The van der Waals surface area contributed by atoms with Crippen molar-refractivity contribution in [3.05, 3.63) is 359 Å². The molecule has 4 heterocycles. The molecule has 0 saturated heterocycles. The summed E-state index contributed by atoms with van der Waals surface area (Å²) in [5.41, 5.74) is 35.3. The Bertz CT molecular complexity index is 6850. The second-order valence-electron chi connectivity index (χ2n) is 31.7. The molecule has 0 radical (unpaired) electrons. The van der Waals surface area contributed by atoms with Gasteiger partial charge in [-0.25, -0.2) is 17.6 Å². The number of benzene rings is 12. The third-order valence-electron chi connectivity index (χ3n) is 22.0. The predicted molar refractivity (Wildman–Crippen MR) is 552 cm³/mol. The van der Waals surface area contributed by atoms with Crippen molar-refractivity contribution in [1.82, 2.24) is 0 Å². The van der Waals surface area contributed by atoms with Gasteiger partial charge in [-0.1, -0.05) is 159 Å². The van der Waals surface area contributed by atoms with Gasteiger partial charge >= 0.3 is 153 Å². The van der Waals surface area contributed by atoms with Gasteiger partial charge in [0.25, 0.3) is 6.47 Å². The molecule has 4 aromatic heterocycles. The summed E-state index contributed by atoms with van der Waals surface area (Å²) in [4.78, 5) is 58.1. The number of fused-ring (bicyclic) bond motifs is 4. The van der Waals surface area contributed by atoms with Crippen molar-refractivity contribution in [2.24, 2.45) is 22.9 Å². The minimum absolute atomic E-state index is 0. The first-order chi connectivity index (χ1) is 68.7. The molecule has 0 aliphatic rings. The molecule has 0 unspecified atom stereocenters. The molecule has 16 rings (SSSR count). The molecule has 0 atom stereocenters. The molecule has 12 aromatic carbocycles. The molecular formula is C109H111BCl2F4IK2LiN4O24. The summed E-state index contributed by atoms with van der Waals surface area (Å²) < 4.78 is 122. The van der Waals surface area contributed by atoms with E-state index < -0.39 is 30.5 Å². The van der Waals surface area contributed by atoms with Crippen LogP contribution in [0.1, 0.15) is 126 Å². The number of hydrogen-bond donors (Lipinski definition) is 9. The molecule has 0 spiro atoms. The zero-order chi connectivity index (χ0) is 102. The Morgan fingerprint density at radius 3 is 0.932 bits per heavy atom. The monoisotopic (exact) mass is 2230 g/mol. The van der Waals surface area contributed by atoms with Gasteiger partial charge in [0.05, 0.1) is 49.1 Å². The topological polar surface area (TPSA) is 470 Å². The van der Waals surface area contributed by atoms with E-state index >= 15 is 13.2 Å². The third-order valence-corrected chi connectivity index (χ3v) is 22.8. The van der Waals surface area contributed by atoms with E-state index in [1.54, 1.807) is 130 Å². The number of para-hydroxylation sites is 4. The summed E-state index contributed by atoms with van der Waals surface area (Å²) in [7, 11) is -1.78. The van der Waals surface area contributed by atoms with E-state index in [9.17, 15) is 33.8 Å². The standard InChI is InChI=1S/C28H28FNO4.C27H26FNO5.C25H22FNO5.C21H21IO4.C7H9BFNO2.CH2O3.2ClH.2K.Li.H2O.H/c1-3-22-14-21-12-18(17-33-25-11-6-5-8-19(25)15-26(31)32-4-2)13-24(28(21)34-22)23-10-7-9-20(16-30)27(23)29;1-2-32-25(31)13-18-6-3-4-9-24(18)33-16-17-10-20-12-21(15-30)34-27(20)23(11-17)22-8-5-7-19(14-29)26(22)28;26-24-17(12-27)5-3-6-20(24)21-9-15(8-18-10-19(13-28)32-25(18)21)14-31-22-7-2-1-4-16(22)11-23(29)30;1-3-17-11-16-9-14(10-18(22)21(16)26-17)13-25-19-8-6-5-7-15(19)12-20(23)24-4-2;9-7-5(4-10)2-1-3-6(7)8(11)12;2-1-4-3;;;;;;;/h5-14H,3-4,15-17,30H2,1-2H3;3-12,30H,2,13-16,29H2,1H3;1-10,28H,11-14,27H2,(H,29,30);5-11H,3-4,12-13H2,1-2H3;1-3,11-12H,4,10H2;1,3H;2*1H;;;;1H2;/q;;;;;;;;3*+1;;-1/p-2. The first-order valence-electron chi connectivity index (χ1n) is 45.3. The van der Waals surface area contributed by atoms with Crippen molar-refractivity contribution >= 4 is 134 Å². The number of carboxylic acids is 1. The number of rotatable bonds is 36. The van der Waals surface area contributed by atoms with Crippen LogP contribution in [0.2, 0.25) is 0 Å². The minimum atomic E-state index is -1.78. The van der Waals surface area contributed by atoms with Gasteiger partial charge in [-0.15, -0.1) is 24.8 Å². The number of esters is 3. The molecule has 16 aromatic rings. The van der Waals surface area contributed by atoms with Crippen molar-refractivity contribution in [1.29, 1.82) is 0 Å². The number of aryl methyl sites for hydroxylation is 2. The number of carbonyl (C=O) groups is 5. The van der Waals surface area contributed by atoms with E-state index in [0.717, 1.165) is 88.6 Å². The van der Waals surface area contributed by atoms with E-state index in [1.165, 1.54) is 18.2 Å². The Morgan fingerprint density at radius 2 is 0.649 bits per heavy atom. The van der Waals surface area contributed by atoms with Crippen LogP contribution in [0.4, 0.5) is 17.6 Å². The van der Waals surface area contributed by atoms with Gasteiger partial charge in [0.1, 0.15) is 131 Å². The first kappa shape index (κ1) is 128. The van der Waals surface area contributed by atoms with Crippen LogP contribution >= 0.6 is 47.4 Å². The molecule has 0 aliphatic heterocycles. The fourth-order valence-electron chi connectivity index (χ4n) is 15.3. The maximum atomic E-state index is 15.2. The number of aliphatic carboxylic acids is 1. The van der Waals surface area contributed by atoms with Gasteiger partial charge in [0.2, 0.25) is 0 Å². The Kier molecular flexibility index (Phi) is 56.6. The number of carboxylic acid groups (broad SMARTS) is 1. The maximum Gasteiger partial charge on any atom is 1.00 e. The summed E-state index contributed by atoms with van der Waals surface area (Å²) in [6.07, 6.45) is 1.89. The van der Waals surface area contributed by atoms with Crippen LogP contribution in [0, 0.1) is 26.8 Å². The van der Waals surface area contributed by atoms with Gasteiger partial charge in [-0.2, -0.15) is 0 Å². The molecule has 14 N–H and O–H groups in total. The quantitative estimate of drug-likeness (QED) is 0.00258. The molecule has 39 heteroatoms. The number of carbonyl (C=O) groups excluding carboxylic acids is 4. The average Bonchev–Trinajstić information content (AvgIpc) is 1.66. The van der Waals surface area contributed by atoms with Crippen molar-refractivity contribution in [2.75, 3.05) is 19.8 Å². The summed E-state index contributed by atoms with van der Waals surface area (Å²) in [6.45, 7) is 11.0. The summed E-state index contributed by atoms with van der Waals surface area (Å²) in [6, 6.07) is 71.6. The zero-order valence-corrected chi connectivity index (χ0v) is 92.8. The fraction of sp³-hybridized carbons (Fsp3) is 0.220. The Hall–Kier alpha value is -10.1. The Balaban J connectivity index is 0.000000389. The van der Waals surface area contributed by atoms with E-state index in [0.29, 0.717) is 139 Å². The van der Waals surface area contributed by atoms with Crippen LogP contribution in [0.5, 0.6) is 23.0 Å². The Morgan fingerprint density at radius 1 is 0.385 bits per heavy atom. The number of aliphatic hydroxyl groups excluding tert-OH is 2. The fourth-order valence-corrected chi connectivity index (χ4v) is 16.2. The molecule has 0 aliphatic carbocycles. The third kappa shape index (κ3) is 35.5. The van der Waals surface area contributed by atoms with Crippen LogP contribution in [0.3, 0.4) is 0 Å². The van der Waals surface area contributed by atoms with Crippen LogP contribution in [0.15, 0.2) is 260 Å². The van der Waals surface area contributed by atoms with Gasteiger partial charge < -0.3 is 116 Å². The van der Waals surface area contributed by atoms with Gasteiger partial charge in [-0.3, -0.25) is 24.0 Å². The van der Waals surface area contributed by atoms with Crippen LogP contribution < -0.4 is 174 Å². The van der Waals surface area contributed by atoms with Crippen molar-refractivity contribution in [3.8, 4) is 56.4 Å². The van der Waals surface area contributed by atoms with Gasteiger partial charge in [-0.05, 0) is 163 Å². The summed E-state index contributed by atoms with van der Waals surface area (Å²) in [5, 5.41) is 57.4. The summed E-state index contributed by atoms with van der Waals surface area (Å²) in [5.74, 6) is 1.24. The molecule has 766 valence electrons. The SMILES string of the molecule is CCOC(=O)Cc1ccccc1OCc1cc(-c2cccc(CN)c2F)c2oc(CC)cc2c1.CCOC(=O)Cc1ccccc1OCc1cc(-c2cccc(CN)c2F)c2oc(CO)cc2c1.CCOC(=O)Cc1ccccc1OCc1cc(I)c2oc(CC)cc2c1.Cl.Cl.NCc1cccc(-c2cc(COc3ccccc3CC(=O)O)cc3cc(CO)oc23)c1F.NCc1cccc(B(O)O)c1F.O=CO[O-].[H-].[K+].[K+].[Li+].[OH-]. The number of halogens is 7. The number of nitrogens with two attached hydrogens (primary N) is 4. The van der Waals surface area contributed by atoms with E-state index in [-0.39, 0.29) is 279 Å². The molecule has 0 bridgehead atoms. The summed E-state index contributed by atoms with van der Waals surface area (Å²) >= 11 is 2.29. The predicted octanol–water partition coefficient (Wildman–Crippen LogP) is 9.69. The van der Waals surface area contributed by atoms with E-state index in [1.807, 2.05) is 104 Å². The van der Waals surface area contributed by atoms with Crippen molar-refractivity contribution in [2.45, 2.75) is 139 Å². The minimum Gasteiger partial charge on any atom is -1.00 e. The normalized spacial score (nSPS) is 10.3. The molecular weight excluding hydrogens is 2120 g/mol. The van der Waals surface area contributed by atoms with Crippen molar-refractivity contribution in [3.63, 3.8) is 0 Å². The van der Waals surface area contributed by atoms with Gasteiger partial charge in [0.15, 0.2) is 0 Å². The first-order valence-corrected chi connectivity index (χ1v) is 46.4. The molecule has 0 fully saturated rings. The Labute approximate surface area is 977 Å². The van der Waals surface area contributed by atoms with Crippen molar-refractivity contribution < 1.29 is 256 Å². The number of hydrogen-bond acceptors (Lipinski definition) is 27. The van der Waals surface area contributed by atoms with Crippen LogP contribution in [-0.2, 0) is 147 Å². The van der Waals surface area contributed by atoms with Gasteiger partial charge in [0, 0.05) is 144 Å². The van der Waals surface area contributed by atoms with E-state index in [4.69, 9.17) is 99.0 Å². The number of ether oxygens (including phenoxy) is 7. The molecule has 0 amide bonds. The molecule has 0 saturated carbocycles. The largest absolute Gasteiger partial charge is 1.00 e. The second kappa shape index (κ2) is 65.2. The van der Waals surface area contributed by atoms with Crippen LogP contribution in [-0.4, -0.2) is 88.1 Å². The van der Waals surface area contributed by atoms with E-state index in [2.05, 4.69) is 52.6 Å². The molecule has 148 heavy (non-hydrogen) atoms. The number of aliphatic hydroxyl groups is 2. The number of furan rings is 4. The maximum absolute atomic E-state index is 15.2. The second-order valence-corrected chi connectivity index (χ2v) is 32.9. The smallest absolute Gasteiger partial charge is 1.00 e. The molecule has 28 nitrogen and oxygen atoms in total. The zero-order valence-electron chi connectivity index (χ0n) is 83.7.